The topological polar surface area (TPSA) is 259 Å². The second-order valence-electron chi connectivity index (χ2n) is 8.08. The molecule has 33 heavy (non-hydrogen) atoms. The smallest absolute Gasteiger partial charge is 0.187 e. The monoisotopic (exact) mass is 490 g/mol. The minimum absolute atomic E-state index is 0.794. The van der Waals surface area contributed by atoms with Gasteiger partial charge in [-0.05, 0) is 6.92 Å². The van der Waals surface area contributed by atoms with Crippen LogP contribution in [0.1, 0.15) is 6.92 Å². The number of rotatable bonds is 10. The van der Waals surface area contributed by atoms with E-state index in [-0.39, 0.29) is 0 Å². The fraction of sp³-hybridized carbons (Fsp3) is 1.00. The Labute approximate surface area is 188 Å². The second-order valence-corrected chi connectivity index (χ2v) is 8.08. The minimum atomic E-state index is -1.95. The number of hydrogen-bond donors (Lipinski definition) is 11. The van der Waals surface area contributed by atoms with E-state index in [1.54, 1.807) is 0 Å². The summed E-state index contributed by atoms with van der Waals surface area (Å²) < 4.78 is 21.3. The van der Waals surface area contributed by atoms with Gasteiger partial charge >= 0.3 is 0 Å². The molecule has 0 spiro atoms. The molecule has 2 heterocycles. The van der Waals surface area contributed by atoms with Crippen molar-refractivity contribution in [3.8, 4) is 0 Å². The average Bonchev–Trinajstić information content (AvgIpc) is 2.81. The molecule has 2 rings (SSSR count). The Morgan fingerprint density at radius 2 is 1.36 bits per heavy atom. The third-order valence-electron chi connectivity index (χ3n) is 5.72. The molecular formula is C18H34O15. The number of aliphatic hydroxyl groups is 11. The third-order valence-corrected chi connectivity index (χ3v) is 5.72. The molecule has 0 bridgehead atoms. The maximum atomic E-state index is 10.7. The van der Waals surface area contributed by atoms with Crippen LogP contribution in [-0.4, -0.2) is 162 Å². The van der Waals surface area contributed by atoms with Crippen LogP contribution in [0.25, 0.3) is 0 Å². The van der Waals surface area contributed by atoms with Gasteiger partial charge in [0.1, 0.15) is 67.1 Å². The summed E-state index contributed by atoms with van der Waals surface area (Å²) in [5.41, 5.74) is 0. The van der Waals surface area contributed by atoms with Crippen LogP contribution in [0.3, 0.4) is 0 Å². The highest BCUT2D eigenvalue weighted by atomic mass is 16.7. The van der Waals surface area contributed by atoms with Gasteiger partial charge in [-0.3, -0.25) is 0 Å². The maximum absolute atomic E-state index is 10.7. The van der Waals surface area contributed by atoms with Crippen molar-refractivity contribution in [1.29, 1.82) is 0 Å². The first kappa shape index (κ1) is 28.6. The Kier molecular flexibility index (Phi) is 10.7. The van der Waals surface area contributed by atoms with Gasteiger partial charge in [0.15, 0.2) is 12.6 Å². The molecule has 0 radical (unpaired) electrons. The van der Waals surface area contributed by atoms with Crippen LogP contribution in [0.15, 0.2) is 0 Å². The molecule has 14 atom stereocenters. The first-order chi connectivity index (χ1) is 15.5. The predicted octanol–water partition coefficient (Wildman–Crippen LogP) is -6.91. The van der Waals surface area contributed by atoms with Crippen molar-refractivity contribution in [3.63, 3.8) is 0 Å². The molecule has 15 nitrogen and oxygen atoms in total. The van der Waals surface area contributed by atoms with E-state index in [1.807, 2.05) is 0 Å². The van der Waals surface area contributed by atoms with Gasteiger partial charge in [0.2, 0.25) is 0 Å². The van der Waals surface area contributed by atoms with Crippen LogP contribution in [0.2, 0.25) is 0 Å². The largest absolute Gasteiger partial charge is 0.394 e. The Bertz CT molecular complexity index is 583. The van der Waals surface area contributed by atoms with Gasteiger partial charge in [0.05, 0.1) is 25.9 Å². The van der Waals surface area contributed by atoms with Crippen molar-refractivity contribution in [2.45, 2.75) is 92.8 Å². The Morgan fingerprint density at radius 1 is 0.727 bits per heavy atom. The molecule has 196 valence electrons. The van der Waals surface area contributed by atoms with Gasteiger partial charge in [-0.1, -0.05) is 0 Å². The number of ether oxygens (including phenoxy) is 4. The van der Waals surface area contributed by atoms with Gasteiger partial charge in [-0.25, -0.2) is 0 Å². The fourth-order valence-corrected chi connectivity index (χ4v) is 3.57. The van der Waals surface area contributed by atoms with Gasteiger partial charge < -0.3 is 75.1 Å². The SMILES string of the molecule is C[C@@H]1O[C@@H](O[C@@H]2[C@H](O)[C@@H](O[C@H](CO)[C@@H](O)[C@H](O)[C@H](O)CO)O[C@H](CO)[C@H]2O)[C@H](O)[C@H](O)[C@H]1O. The Hall–Kier alpha value is -0.600. The summed E-state index contributed by atoms with van der Waals surface area (Å²) >= 11 is 0. The van der Waals surface area contributed by atoms with E-state index in [0.29, 0.717) is 0 Å². The van der Waals surface area contributed by atoms with E-state index in [2.05, 4.69) is 0 Å². The Balaban J connectivity index is 2.17. The first-order valence-corrected chi connectivity index (χ1v) is 10.4. The van der Waals surface area contributed by atoms with Crippen molar-refractivity contribution >= 4 is 0 Å². The standard InChI is InChI=1S/C18H34O15/c1-5-9(23)13(27)14(28)17(30-5)33-16-12(26)8(4-21)32-18(15(16)29)31-7(3-20)11(25)10(24)6(22)2-19/h5-29H,2-4H2,1H3/t5-,6+,7+,8+,9-,10+,11+,12+,13+,14+,15-,16-,17-,18-/m0/s1. The molecule has 2 fully saturated rings. The molecule has 0 aliphatic carbocycles. The van der Waals surface area contributed by atoms with Gasteiger partial charge in [-0.2, -0.15) is 0 Å². The van der Waals surface area contributed by atoms with Crippen LogP contribution >= 0.6 is 0 Å². The van der Waals surface area contributed by atoms with E-state index in [0.717, 1.165) is 0 Å². The summed E-state index contributed by atoms with van der Waals surface area (Å²) in [7, 11) is 0. The molecular weight excluding hydrogens is 456 g/mol. The van der Waals surface area contributed by atoms with Gasteiger partial charge in [0, 0.05) is 0 Å². The van der Waals surface area contributed by atoms with Crippen molar-refractivity contribution in [2.75, 3.05) is 19.8 Å². The molecule has 11 N–H and O–H groups in total. The second kappa shape index (κ2) is 12.4. The quantitative estimate of drug-likeness (QED) is 0.136. The van der Waals surface area contributed by atoms with E-state index in [4.69, 9.17) is 24.1 Å². The minimum Gasteiger partial charge on any atom is -0.394 e. The molecule has 0 aromatic carbocycles. The summed E-state index contributed by atoms with van der Waals surface area (Å²) in [5.74, 6) is 0. The summed E-state index contributed by atoms with van der Waals surface area (Å²) in [6.45, 7) is -1.25. The highest BCUT2D eigenvalue weighted by molar-refractivity contribution is 4.94. The van der Waals surface area contributed by atoms with E-state index < -0.39 is 106 Å². The van der Waals surface area contributed by atoms with Gasteiger partial charge in [-0.15, -0.1) is 0 Å². The third kappa shape index (κ3) is 6.35. The molecule has 0 amide bonds. The highest BCUT2D eigenvalue weighted by Gasteiger charge is 2.51. The molecule has 2 aliphatic heterocycles. The zero-order chi connectivity index (χ0) is 25.0. The lowest BCUT2D eigenvalue weighted by Crippen LogP contribution is -2.65. The molecule has 2 saturated heterocycles. The van der Waals surface area contributed by atoms with Crippen LogP contribution in [0.4, 0.5) is 0 Å². The predicted molar refractivity (Wildman–Crippen MR) is 102 cm³/mol. The zero-order valence-corrected chi connectivity index (χ0v) is 17.8. The van der Waals surface area contributed by atoms with Crippen LogP contribution in [0.5, 0.6) is 0 Å². The first-order valence-electron chi connectivity index (χ1n) is 10.4. The van der Waals surface area contributed by atoms with Crippen molar-refractivity contribution in [2.24, 2.45) is 0 Å². The zero-order valence-electron chi connectivity index (χ0n) is 17.8. The molecule has 2 aliphatic rings. The van der Waals surface area contributed by atoms with Crippen molar-refractivity contribution < 1.29 is 75.1 Å². The van der Waals surface area contributed by atoms with Gasteiger partial charge in [0.25, 0.3) is 0 Å². The molecule has 0 aromatic heterocycles. The molecule has 0 unspecified atom stereocenters. The highest BCUT2D eigenvalue weighted by Crippen LogP contribution is 2.30. The lowest BCUT2D eigenvalue weighted by Gasteiger charge is -2.46. The summed E-state index contributed by atoms with van der Waals surface area (Å²) in [6, 6.07) is 0. The van der Waals surface area contributed by atoms with E-state index in [9.17, 15) is 51.1 Å². The van der Waals surface area contributed by atoms with Crippen molar-refractivity contribution in [3.05, 3.63) is 0 Å². The average molecular weight is 490 g/mol. The number of hydrogen-bond acceptors (Lipinski definition) is 15. The van der Waals surface area contributed by atoms with E-state index in [1.165, 1.54) is 6.92 Å². The summed E-state index contributed by atoms with van der Waals surface area (Å²) in [5, 5.41) is 108. The fourth-order valence-electron chi connectivity index (χ4n) is 3.57. The van der Waals surface area contributed by atoms with E-state index >= 15 is 0 Å². The molecule has 0 aromatic rings. The lowest BCUT2D eigenvalue weighted by molar-refractivity contribution is -0.364. The summed E-state index contributed by atoms with van der Waals surface area (Å²) in [4.78, 5) is 0. The van der Waals surface area contributed by atoms with Crippen LogP contribution < -0.4 is 0 Å². The summed E-state index contributed by atoms with van der Waals surface area (Å²) in [6.07, 6.45) is -23.2. The molecule has 0 saturated carbocycles. The van der Waals surface area contributed by atoms with Crippen molar-refractivity contribution in [1.82, 2.24) is 0 Å². The normalized spacial score (nSPS) is 43.6. The lowest BCUT2D eigenvalue weighted by atomic mass is 9.97. The molecule has 15 heteroatoms. The van der Waals surface area contributed by atoms with Crippen LogP contribution in [0, 0.1) is 0 Å². The Morgan fingerprint density at radius 3 is 1.91 bits per heavy atom. The number of aliphatic hydroxyl groups excluding tert-OH is 11. The van der Waals surface area contributed by atoms with Crippen LogP contribution in [-0.2, 0) is 18.9 Å². The maximum Gasteiger partial charge on any atom is 0.187 e.